The summed E-state index contributed by atoms with van der Waals surface area (Å²) in [4.78, 5) is 12.7. The van der Waals surface area contributed by atoms with Gasteiger partial charge in [0.1, 0.15) is 0 Å². The van der Waals surface area contributed by atoms with Crippen molar-refractivity contribution in [3.63, 3.8) is 0 Å². The van der Waals surface area contributed by atoms with Crippen LogP contribution in [0, 0.1) is 0 Å². The summed E-state index contributed by atoms with van der Waals surface area (Å²) in [5, 5.41) is 12.9. The third-order valence-corrected chi connectivity index (χ3v) is 5.91. The van der Waals surface area contributed by atoms with Gasteiger partial charge in [0.15, 0.2) is 0 Å². The van der Waals surface area contributed by atoms with Crippen molar-refractivity contribution in [2.24, 2.45) is 0 Å². The zero-order chi connectivity index (χ0) is 22.1. The number of piperidine rings is 1. The lowest BCUT2D eigenvalue weighted by molar-refractivity contribution is -0.168. The van der Waals surface area contributed by atoms with Crippen molar-refractivity contribution in [3.8, 4) is 0 Å². The molecule has 2 N–H and O–H groups in total. The first-order valence-electron chi connectivity index (χ1n) is 11.1. The Morgan fingerprint density at radius 2 is 1.55 bits per heavy atom. The van der Waals surface area contributed by atoms with Crippen LogP contribution in [0.1, 0.15) is 43.2 Å². The lowest BCUT2D eigenvalue weighted by Gasteiger charge is -2.36. The first-order valence-corrected chi connectivity index (χ1v) is 11.1. The smallest absolute Gasteiger partial charge is 0.304 e. The Balaban J connectivity index is 1.69. The average Bonchev–Trinajstić information content (AvgIpc) is 2.73. The Morgan fingerprint density at radius 1 is 0.968 bits per heavy atom. The van der Waals surface area contributed by atoms with Gasteiger partial charge in [-0.05, 0) is 43.2 Å². The first kappa shape index (κ1) is 23.4. The highest BCUT2D eigenvalue weighted by Gasteiger charge is 2.39. The summed E-state index contributed by atoms with van der Waals surface area (Å²) in [5.41, 5.74) is 2.32. The van der Waals surface area contributed by atoms with E-state index in [2.05, 4.69) is 29.6 Å². The molecular formula is C25H32F2N2O2. The molecule has 1 aliphatic rings. The van der Waals surface area contributed by atoms with E-state index in [0.29, 0.717) is 19.4 Å². The van der Waals surface area contributed by atoms with Gasteiger partial charge >= 0.3 is 12.0 Å². The van der Waals surface area contributed by atoms with E-state index in [4.69, 9.17) is 0 Å². The number of benzene rings is 2. The van der Waals surface area contributed by atoms with Crippen LogP contribution in [0.5, 0.6) is 0 Å². The summed E-state index contributed by atoms with van der Waals surface area (Å²) in [6.07, 6.45) is 2.96. The van der Waals surface area contributed by atoms with Gasteiger partial charge in [-0.3, -0.25) is 4.79 Å². The van der Waals surface area contributed by atoms with Crippen molar-refractivity contribution in [3.05, 3.63) is 71.8 Å². The number of rotatable bonds is 11. The minimum Gasteiger partial charge on any atom is -0.481 e. The highest BCUT2D eigenvalue weighted by atomic mass is 19.3. The van der Waals surface area contributed by atoms with Crippen LogP contribution >= 0.6 is 0 Å². The fourth-order valence-electron chi connectivity index (χ4n) is 4.32. The van der Waals surface area contributed by atoms with Gasteiger partial charge in [0.25, 0.3) is 0 Å². The van der Waals surface area contributed by atoms with Gasteiger partial charge in [-0.2, -0.15) is 8.78 Å². The monoisotopic (exact) mass is 430 g/mol. The quantitative estimate of drug-likeness (QED) is 0.506. The van der Waals surface area contributed by atoms with E-state index in [0.717, 1.165) is 30.4 Å². The molecule has 3 rings (SSSR count). The van der Waals surface area contributed by atoms with Gasteiger partial charge in [-0.1, -0.05) is 60.7 Å². The van der Waals surface area contributed by atoms with Gasteiger partial charge < -0.3 is 10.4 Å². The largest absolute Gasteiger partial charge is 0.481 e. The van der Waals surface area contributed by atoms with Crippen LogP contribution in [0.25, 0.3) is 0 Å². The van der Waals surface area contributed by atoms with Gasteiger partial charge in [-0.15, -0.1) is 0 Å². The summed E-state index contributed by atoms with van der Waals surface area (Å²) in [6, 6.07) is 17.0. The molecule has 0 aromatic heterocycles. The van der Waals surface area contributed by atoms with Gasteiger partial charge in [0.2, 0.25) is 0 Å². The number of hydrogen-bond acceptors (Lipinski definition) is 3. The molecular weight excluding hydrogens is 398 g/mol. The molecule has 1 fully saturated rings. The van der Waals surface area contributed by atoms with Crippen LogP contribution in [0.2, 0.25) is 0 Å². The Labute approximate surface area is 183 Å². The number of nitrogens with one attached hydrogen (secondary N) is 1. The number of likely N-dealkylation sites (tertiary alicyclic amines) is 1. The summed E-state index contributed by atoms with van der Waals surface area (Å²) >= 11 is 0. The van der Waals surface area contributed by atoms with Gasteiger partial charge in [0, 0.05) is 31.6 Å². The van der Waals surface area contributed by atoms with Crippen molar-refractivity contribution < 1.29 is 18.7 Å². The molecule has 0 radical (unpaired) electrons. The number of hydrogen-bond donors (Lipinski definition) is 2. The van der Waals surface area contributed by atoms with Crippen molar-refractivity contribution in [1.82, 2.24) is 10.2 Å². The lowest BCUT2D eigenvalue weighted by atomic mass is 9.97. The molecule has 1 heterocycles. The van der Waals surface area contributed by atoms with Crippen LogP contribution in [0.15, 0.2) is 60.7 Å². The van der Waals surface area contributed by atoms with Crippen LogP contribution in [0.3, 0.4) is 0 Å². The summed E-state index contributed by atoms with van der Waals surface area (Å²) in [6.45, 7) is 0.561. The fourth-order valence-corrected chi connectivity index (χ4v) is 4.32. The fraction of sp³-hybridized carbons (Fsp3) is 0.480. The van der Waals surface area contributed by atoms with E-state index < -0.39 is 12.0 Å². The van der Waals surface area contributed by atoms with E-state index in [9.17, 15) is 18.7 Å². The summed E-state index contributed by atoms with van der Waals surface area (Å²) in [5.74, 6) is -0.916. The summed E-state index contributed by atoms with van der Waals surface area (Å²) in [7, 11) is 0. The highest BCUT2D eigenvalue weighted by molar-refractivity contribution is 5.67. The molecule has 168 valence electrons. The maximum Gasteiger partial charge on any atom is 0.304 e. The van der Waals surface area contributed by atoms with E-state index in [-0.39, 0.29) is 31.5 Å². The number of carbonyl (C=O) groups is 1. The zero-order valence-corrected chi connectivity index (χ0v) is 17.9. The number of carboxylic acids is 1. The Bertz CT molecular complexity index is 760. The van der Waals surface area contributed by atoms with Gasteiger partial charge in [-0.25, -0.2) is 4.90 Å². The topological polar surface area (TPSA) is 52.6 Å². The predicted molar refractivity (Wildman–Crippen MR) is 118 cm³/mol. The number of alkyl halides is 2. The molecule has 1 aliphatic heterocycles. The molecule has 0 aliphatic carbocycles. The molecule has 1 atom stereocenters. The van der Waals surface area contributed by atoms with Crippen LogP contribution in [-0.2, 0) is 17.6 Å². The van der Waals surface area contributed by atoms with Crippen LogP contribution in [0.4, 0.5) is 8.78 Å². The summed E-state index contributed by atoms with van der Waals surface area (Å²) < 4.78 is 28.4. The van der Waals surface area contributed by atoms with Crippen molar-refractivity contribution in [2.75, 3.05) is 13.1 Å². The molecule has 2 aromatic carbocycles. The molecule has 4 nitrogen and oxygen atoms in total. The molecule has 31 heavy (non-hydrogen) atoms. The van der Waals surface area contributed by atoms with Crippen molar-refractivity contribution in [1.29, 1.82) is 0 Å². The van der Waals surface area contributed by atoms with Crippen LogP contribution in [-0.4, -0.2) is 47.2 Å². The lowest BCUT2D eigenvalue weighted by Crippen LogP contribution is -2.48. The van der Waals surface area contributed by atoms with Crippen molar-refractivity contribution in [2.45, 2.75) is 63.1 Å². The molecule has 0 saturated carbocycles. The Hall–Kier alpha value is -2.31. The minimum atomic E-state index is -2.79. The van der Waals surface area contributed by atoms with Crippen molar-refractivity contribution >= 4 is 5.97 Å². The highest BCUT2D eigenvalue weighted by Crippen LogP contribution is 2.31. The third-order valence-electron chi connectivity index (χ3n) is 5.91. The molecule has 0 amide bonds. The molecule has 0 unspecified atom stereocenters. The first-order chi connectivity index (χ1) is 14.9. The number of halogens is 2. The normalized spacial score (nSPS) is 17.5. The number of nitrogens with zero attached hydrogens (tertiary/aromatic N) is 1. The molecule has 6 heteroatoms. The number of aliphatic carboxylic acids is 1. The SMILES string of the molecule is O=C(O)C[C@H](CCN1CCCCC1(F)F)NC(Cc1ccccc1)Cc1ccccc1. The predicted octanol–water partition coefficient (Wildman–Crippen LogP) is 4.74. The Kier molecular flexibility index (Phi) is 8.55. The molecule has 1 saturated heterocycles. The van der Waals surface area contributed by atoms with E-state index in [1.165, 1.54) is 4.90 Å². The number of carboxylic acid groups (broad SMARTS) is 1. The van der Waals surface area contributed by atoms with Crippen LogP contribution < -0.4 is 5.32 Å². The van der Waals surface area contributed by atoms with E-state index >= 15 is 0 Å². The standard InChI is InChI=1S/C25H32F2N2O2/c26-25(27)14-7-8-15-29(25)16-13-22(19-24(30)31)28-23(17-20-9-3-1-4-10-20)18-21-11-5-2-6-12-21/h1-6,9-12,22-23,28H,7-8,13-19H2,(H,30,31)/t22-/m0/s1. The zero-order valence-electron chi connectivity index (χ0n) is 17.9. The van der Waals surface area contributed by atoms with E-state index in [1.54, 1.807) is 0 Å². The van der Waals surface area contributed by atoms with Gasteiger partial charge in [0.05, 0.1) is 6.42 Å². The Morgan fingerprint density at radius 3 is 2.06 bits per heavy atom. The third kappa shape index (κ3) is 7.71. The second kappa shape index (κ2) is 11.3. The molecule has 0 bridgehead atoms. The maximum absolute atomic E-state index is 14.2. The maximum atomic E-state index is 14.2. The minimum absolute atomic E-state index is 0.0102. The second-order valence-corrected chi connectivity index (χ2v) is 8.44. The second-order valence-electron chi connectivity index (χ2n) is 8.44. The average molecular weight is 431 g/mol. The molecule has 2 aromatic rings. The molecule has 0 spiro atoms. The van der Waals surface area contributed by atoms with E-state index in [1.807, 2.05) is 36.4 Å².